The van der Waals surface area contributed by atoms with Crippen LogP contribution in [0.25, 0.3) is 0 Å². The summed E-state index contributed by atoms with van der Waals surface area (Å²) >= 11 is 6.13. The standard InChI is InChI=1S/C26H26ClN3O3/c1-31-19-8-4-17(5-9-19)25-21-15-30(14-16-2-6-18(27)7-3-16)22-13-24-23(32-10-11-33-24)12-20(22)26(21)29-28-25/h2-9,12-13,21,25-26,28-29H,10-11,14-15H2,1H3. The van der Waals surface area contributed by atoms with Gasteiger partial charge in [-0.05, 0) is 47.0 Å². The third kappa shape index (κ3) is 3.78. The van der Waals surface area contributed by atoms with Crippen molar-refractivity contribution in [3.63, 3.8) is 0 Å². The molecule has 3 aromatic carbocycles. The summed E-state index contributed by atoms with van der Waals surface area (Å²) in [6.45, 7) is 2.85. The number of ether oxygens (including phenoxy) is 3. The number of anilines is 1. The van der Waals surface area contributed by atoms with Crippen LogP contribution in [0.15, 0.2) is 60.7 Å². The van der Waals surface area contributed by atoms with Crippen molar-refractivity contribution in [2.24, 2.45) is 5.92 Å². The SMILES string of the molecule is COc1ccc(C2NNC3c4cc5c(cc4N(Cc4ccc(Cl)cc4)CC23)OCCO5)cc1. The summed E-state index contributed by atoms with van der Waals surface area (Å²) in [5, 5.41) is 0.751. The molecule has 33 heavy (non-hydrogen) atoms. The summed E-state index contributed by atoms with van der Waals surface area (Å²) in [6, 6.07) is 21.1. The number of benzene rings is 3. The molecule has 170 valence electrons. The summed E-state index contributed by atoms with van der Waals surface area (Å²) < 4.78 is 17.2. The second kappa shape index (κ2) is 8.45. The van der Waals surface area contributed by atoms with Crippen molar-refractivity contribution in [1.29, 1.82) is 0 Å². The first-order valence-electron chi connectivity index (χ1n) is 11.3. The van der Waals surface area contributed by atoms with E-state index < -0.39 is 0 Å². The molecule has 6 rings (SSSR count). The van der Waals surface area contributed by atoms with Gasteiger partial charge in [0.2, 0.25) is 0 Å². The normalized spacial score (nSPS) is 23.1. The highest BCUT2D eigenvalue weighted by atomic mass is 35.5. The van der Waals surface area contributed by atoms with Gasteiger partial charge in [0, 0.05) is 35.8 Å². The fourth-order valence-corrected chi connectivity index (χ4v) is 5.30. The largest absolute Gasteiger partial charge is 0.497 e. The molecule has 0 bridgehead atoms. The Hall–Kier alpha value is -2.93. The lowest BCUT2D eigenvalue weighted by molar-refractivity contribution is 0.171. The van der Waals surface area contributed by atoms with Gasteiger partial charge in [0.1, 0.15) is 19.0 Å². The van der Waals surface area contributed by atoms with Gasteiger partial charge in [-0.2, -0.15) is 0 Å². The molecule has 3 aromatic rings. The predicted octanol–water partition coefficient (Wildman–Crippen LogP) is 4.65. The fraction of sp³-hybridized carbons (Fsp3) is 0.308. The molecule has 3 aliphatic rings. The molecule has 0 amide bonds. The van der Waals surface area contributed by atoms with Crippen LogP contribution in [0.4, 0.5) is 5.69 Å². The quantitative estimate of drug-likeness (QED) is 0.587. The summed E-state index contributed by atoms with van der Waals surface area (Å²) in [5.74, 6) is 2.84. The smallest absolute Gasteiger partial charge is 0.163 e. The number of hydrazine groups is 1. The number of hydrogen-bond acceptors (Lipinski definition) is 6. The topological polar surface area (TPSA) is 55.0 Å². The van der Waals surface area contributed by atoms with Crippen molar-refractivity contribution < 1.29 is 14.2 Å². The molecule has 6 nitrogen and oxygen atoms in total. The second-order valence-corrected chi connectivity index (χ2v) is 9.18. The van der Waals surface area contributed by atoms with Crippen LogP contribution in [-0.2, 0) is 6.54 Å². The molecule has 0 spiro atoms. The van der Waals surface area contributed by atoms with E-state index in [1.54, 1.807) is 7.11 Å². The molecular weight excluding hydrogens is 438 g/mol. The van der Waals surface area contributed by atoms with E-state index in [4.69, 9.17) is 25.8 Å². The van der Waals surface area contributed by atoms with E-state index in [0.29, 0.717) is 19.1 Å². The van der Waals surface area contributed by atoms with Crippen molar-refractivity contribution in [2.45, 2.75) is 18.6 Å². The molecule has 2 N–H and O–H groups in total. The van der Waals surface area contributed by atoms with Crippen LogP contribution in [-0.4, -0.2) is 26.9 Å². The average molecular weight is 464 g/mol. The van der Waals surface area contributed by atoms with Crippen LogP contribution in [0.3, 0.4) is 0 Å². The summed E-state index contributed by atoms with van der Waals surface area (Å²) in [5.41, 5.74) is 12.0. The molecule has 0 saturated carbocycles. The highest BCUT2D eigenvalue weighted by Gasteiger charge is 2.44. The molecule has 0 aliphatic carbocycles. The highest BCUT2D eigenvalue weighted by Crippen LogP contribution is 2.49. The van der Waals surface area contributed by atoms with Crippen LogP contribution in [0.2, 0.25) is 5.02 Å². The van der Waals surface area contributed by atoms with Gasteiger partial charge in [0.15, 0.2) is 11.5 Å². The van der Waals surface area contributed by atoms with E-state index in [1.165, 1.54) is 22.4 Å². The predicted molar refractivity (Wildman–Crippen MR) is 128 cm³/mol. The maximum atomic E-state index is 6.13. The Balaban J connectivity index is 1.38. The monoisotopic (exact) mass is 463 g/mol. The van der Waals surface area contributed by atoms with Crippen molar-refractivity contribution in [3.8, 4) is 17.2 Å². The lowest BCUT2D eigenvalue weighted by Crippen LogP contribution is -2.39. The van der Waals surface area contributed by atoms with Gasteiger partial charge in [-0.1, -0.05) is 35.9 Å². The Kier molecular flexibility index (Phi) is 5.29. The van der Waals surface area contributed by atoms with Gasteiger partial charge in [0.05, 0.1) is 19.2 Å². The number of rotatable bonds is 4. The van der Waals surface area contributed by atoms with E-state index in [0.717, 1.165) is 35.4 Å². The molecule has 1 fully saturated rings. The molecule has 0 radical (unpaired) electrons. The lowest BCUT2D eigenvalue weighted by Gasteiger charge is -2.40. The Morgan fingerprint density at radius 3 is 2.36 bits per heavy atom. The first kappa shape index (κ1) is 20.7. The fourth-order valence-electron chi connectivity index (χ4n) is 5.18. The molecule has 3 heterocycles. The zero-order valence-corrected chi connectivity index (χ0v) is 19.1. The van der Waals surface area contributed by atoms with Crippen molar-refractivity contribution in [2.75, 3.05) is 31.8 Å². The Morgan fingerprint density at radius 1 is 0.939 bits per heavy atom. The number of methoxy groups -OCH3 is 1. The second-order valence-electron chi connectivity index (χ2n) is 8.74. The first-order chi connectivity index (χ1) is 16.2. The van der Waals surface area contributed by atoms with Gasteiger partial charge < -0.3 is 19.1 Å². The van der Waals surface area contributed by atoms with E-state index in [2.05, 4.69) is 52.1 Å². The summed E-state index contributed by atoms with van der Waals surface area (Å²) in [7, 11) is 1.69. The molecule has 0 aromatic heterocycles. The van der Waals surface area contributed by atoms with Crippen LogP contribution >= 0.6 is 11.6 Å². The highest BCUT2D eigenvalue weighted by molar-refractivity contribution is 6.30. The van der Waals surface area contributed by atoms with E-state index in [9.17, 15) is 0 Å². The zero-order chi connectivity index (χ0) is 22.4. The van der Waals surface area contributed by atoms with Crippen molar-refractivity contribution in [3.05, 3.63) is 82.4 Å². The Bertz CT molecular complexity index is 1150. The molecular formula is C26H26ClN3O3. The summed E-state index contributed by atoms with van der Waals surface area (Å²) in [4.78, 5) is 2.45. The van der Waals surface area contributed by atoms with E-state index in [1.807, 2.05) is 24.3 Å². The molecule has 3 atom stereocenters. The summed E-state index contributed by atoms with van der Waals surface area (Å²) in [6.07, 6.45) is 0. The molecule has 3 aliphatic heterocycles. The number of fused-ring (bicyclic) bond motifs is 4. The third-order valence-electron chi connectivity index (χ3n) is 6.81. The maximum absolute atomic E-state index is 6.13. The van der Waals surface area contributed by atoms with Gasteiger partial charge in [-0.15, -0.1) is 0 Å². The minimum absolute atomic E-state index is 0.171. The third-order valence-corrected chi connectivity index (χ3v) is 7.06. The van der Waals surface area contributed by atoms with Gasteiger partial charge in [-0.3, -0.25) is 0 Å². The van der Waals surface area contributed by atoms with Gasteiger partial charge >= 0.3 is 0 Å². The number of nitrogens with zero attached hydrogens (tertiary/aromatic N) is 1. The Morgan fingerprint density at radius 2 is 1.64 bits per heavy atom. The van der Waals surface area contributed by atoms with Gasteiger partial charge in [0.25, 0.3) is 0 Å². The minimum Gasteiger partial charge on any atom is -0.497 e. The van der Waals surface area contributed by atoms with Crippen LogP contribution < -0.4 is 30.0 Å². The zero-order valence-electron chi connectivity index (χ0n) is 18.4. The maximum Gasteiger partial charge on any atom is 0.163 e. The lowest BCUT2D eigenvalue weighted by atomic mass is 9.81. The number of halogens is 1. The van der Waals surface area contributed by atoms with Gasteiger partial charge in [-0.25, -0.2) is 10.9 Å². The number of hydrogen-bond donors (Lipinski definition) is 2. The Labute approximate surface area is 198 Å². The van der Waals surface area contributed by atoms with Crippen molar-refractivity contribution >= 4 is 17.3 Å². The molecule has 3 unspecified atom stereocenters. The van der Waals surface area contributed by atoms with Crippen LogP contribution in [0.5, 0.6) is 17.2 Å². The molecule has 7 heteroatoms. The minimum atomic E-state index is 0.171. The van der Waals surface area contributed by atoms with Crippen LogP contribution in [0.1, 0.15) is 28.8 Å². The van der Waals surface area contributed by atoms with E-state index in [-0.39, 0.29) is 12.1 Å². The van der Waals surface area contributed by atoms with Crippen molar-refractivity contribution in [1.82, 2.24) is 10.9 Å². The molecule has 1 saturated heterocycles. The first-order valence-corrected chi connectivity index (χ1v) is 11.7. The number of nitrogens with one attached hydrogen (secondary N) is 2. The average Bonchev–Trinajstić information content (AvgIpc) is 3.28. The van der Waals surface area contributed by atoms with E-state index >= 15 is 0 Å². The van der Waals surface area contributed by atoms with Crippen LogP contribution in [0, 0.1) is 5.92 Å².